The molecule has 1 aromatic rings. The molecule has 0 bridgehead atoms. The molecule has 0 radical (unpaired) electrons. The number of carbonyl (C=O) groups excluding carboxylic acids is 2. The van der Waals surface area contributed by atoms with Crippen molar-refractivity contribution in [1.82, 2.24) is 4.90 Å². The zero-order chi connectivity index (χ0) is 17.1. The quantitative estimate of drug-likeness (QED) is 0.649. The molecule has 0 fully saturated rings. The molecule has 2 amide bonds. The summed E-state index contributed by atoms with van der Waals surface area (Å²) in [6.07, 6.45) is -7.82. The lowest BCUT2D eigenvalue weighted by atomic mass is 10.2. The highest BCUT2D eigenvalue weighted by molar-refractivity contribution is 6.39. The topological polar surface area (TPSA) is 69.6 Å². The fourth-order valence-corrected chi connectivity index (χ4v) is 1.40. The summed E-state index contributed by atoms with van der Waals surface area (Å²) >= 11 is 0. The Bertz CT molecular complexity index is 556. The Kier molecular flexibility index (Phi) is 5.42. The lowest BCUT2D eigenvalue weighted by molar-refractivity contribution is -0.207. The first-order chi connectivity index (χ1) is 10.0. The van der Waals surface area contributed by atoms with E-state index < -0.39 is 48.0 Å². The Morgan fingerprint density at radius 1 is 1.27 bits per heavy atom. The van der Waals surface area contributed by atoms with Gasteiger partial charge < -0.3 is 15.3 Å². The van der Waals surface area contributed by atoms with E-state index in [0.29, 0.717) is 0 Å². The number of halogens is 5. The highest BCUT2D eigenvalue weighted by Crippen LogP contribution is 2.21. The van der Waals surface area contributed by atoms with E-state index in [-0.39, 0.29) is 4.90 Å². The summed E-state index contributed by atoms with van der Waals surface area (Å²) in [6.45, 7) is -1.20. The summed E-state index contributed by atoms with van der Waals surface area (Å²) in [4.78, 5) is 23.3. The Balaban J connectivity index is 2.75. The SMILES string of the molecule is CN(C[C@H](O)C(F)(F)F)C(=O)C(=O)Nc1c(F)cccc1F. The van der Waals surface area contributed by atoms with Gasteiger partial charge in [-0.3, -0.25) is 9.59 Å². The number of nitrogens with zero attached hydrogens (tertiary/aromatic N) is 1. The molecule has 1 atom stereocenters. The van der Waals surface area contributed by atoms with E-state index in [1.54, 1.807) is 5.32 Å². The first kappa shape index (κ1) is 17.8. The van der Waals surface area contributed by atoms with Crippen molar-refractivity contribution in [3.05, 3.63) is 29.8 Å². The third-order valence-corrected chi connectivity index (χ3v) is 2.57. The predicted octanol–water partition coefficient (Wildman–Crippen LogP) is 1.28. The van der Waals surface area contributed by atoms with Crippen molar-refractivity contribution in [3.63, 3.8) is 0 Å². The Morgan fingerprint density at radius 3 is 2.23 bits per heavy atom. The van der Waals surface area contributed by atoms with Crippen molar-refractivity contribution < 1.29 is 36.6 Å². The fourth-order valence-electron chi connectivity index (χ4n) is 1.40. The van der Waals surface area contributed by atoms with Gasteiger partial charge in [0.2, 0.25) is 0 Å². The molecular weight excluding hydrogens is 315 g/mol. The molecular formula is C12H11F5N2O3. The van der Waals surface area contributed by atoms with Gasteiger partial charge in [-0.15, -0.1) is 0 Å². The Morgan fingerprint density at radius 2 is 1.77 bits per heavy atom. The second-order valence-corrected chi connectivity index (χ2v) is 4.29. The molecule has 0 saturated heterocycles. The maximum absolute atomic E-state index is 13.3. The summed E-state index contributed by atoms with van der Waals surface area (Å²) in [7, 11) is 0.828. The van der Waals surface area contributed by atoms with Gasteiger partial charge in [-0.05, 0) is 12.1 Å². The van der Waals surface area contributed by atoms with Gasteiger partial charge in [0, 0.05) is 7.05 Å². The van der Waals surface area contributed by atoms with Gasteiger partial charge >= 0.3 is 18.0 Å². The predicted molar refractivity (Wildman–Crippen MR) is 64.7 cm³/mol. The second kappa shape index (κ2) is 6.69. The van der Waals surface area contributed by atoms with Gasteiger partial charge in [0.15, 0.2) is 6.10 Å². The van der Waals surface area contributed by atoms with Gasteiger partial charge in [-0.25, -0.2) is 8.78 Å². The molecule has 0 aliphatic heterocycles. The highest BCUT2D eigenvalue weighted by atomic mass is 19.4. The van der Waals surface area contributed by atoms with Crippen molar-refractivity contribution in [3.8, 4) is 0 Å². The number of para-hydroxylation sites is 1. The zero-order valence-electron chi connectivity index (χ0n) is 11.1. The van der Waals surface area contributed by atoms with Crippen LogP contribution in [0, 0.1) is 11.6 Å². The molecule has 2 N–H and O–H groups in total. The van der Waals surface area contributed by atoms with E-state index in [9.17, 15) is 31.5 Å². The van der Waals surface area contributed by atoms with E-state index in [1.165, 1.54) is 0 Å². The minimum Gasteiger partial charge on any atom is -0.382 e. The van der Waals surface area contributed by atoms with Crippen LogP contribution in [-0.2, 0) is 9.59 Å². The first-order valence-corrected chi connectivity index (χ1v) is 5.79. The number of benzene rings is 1. The summed E-state index contributed by atoms with van der Waals surface area (Å²) in [6, 6.07) is 2.66. The van der Waals surface area contributed by atoms with Crippen molar-refractivity contribution in [2.75, 3.05) is 18.9 Å². The van der Waals surface area contributed by atoms with Crippen LogP contribution in [0.1, 0.15) is 0 Å². The molecule has 22 heavy (non-hydrogen) atoms. The maximum atomic E-state index is 13.3. The standard InChI is InChI=1S/C12H11F5N2O3/c1-19(5-8(20)12(15,16)17)11(22)10(21)18-9-6(13)3-2-4-7(9)14/h2-4,8,20H,5H2,1H3,(H,18,21)/t8-/m0/s1. The van der Waals surface area contributed by atoms with Gasteiger partial charge in [-0.1, -0.05) is 6.07 Å². The maximum Gasteiger partial charge on any atom is 0.416 e. The number of carbonyl (C=O) groups is 2. The number of aliphatic hydroxyl groups is 1. The molecule has 0 heterocycles. The van der Waals surface area contributed by atoms with Crippen molar-refractivity contribution in [2.24, 2.45) is 0 Å². The van der Waals surface area contributed by atoms with E-state index >= 15 is 0 Å². The molecule has 1 rings (SSSR count). The smallest absolute Gasteiger partial charge is 0.382 e. The number of amides is 2. The Hall–Kier alpha value is -2.23. The van der Waals surface area contributed by atoms with Crippen LogP contribution in [0.15, 0.2) is 18.2 Å². The van der Waals surface area contributed by atoms with Crippen LogP contribution in [0.3, 0.4) is 0 Å². The summed E-state index contributed by atoms with van der Waals surface area (Å²) in [5.74, 6) is -5.34. The van der Waals surface area contributed by atoms with Gasteiger partial charge in [-0.2, -0.15) is 13.2 Å². The monoisotopic (exact) mass is 326 g/mol. The molecule has 0 spiro atoms. The number of alkyl halides is 3. The summed E-state index contributed by atoms with van der Waals surface area (Å²) < 4.78 is 63.0. The van der Waals surface area contributed by atoms with Crippen LogP contribution in [0.5, 0.6) is 0 Å². The number of nitrogens with one attached hydrogen (secondary N) is 1. The molecule has 0 aromatic heterocycles. The normalized spacial score (nSPS) is 12.7. The zero-order valence-corrected chi connectivity index (χ0v) is 11.1. The lowest BCUT2D eigenvalue weighted by Crippen LogP contribution is -2.45. The van der Waals surface area contributed by atoms with Crippen LogP contribution < -0.4 is 5.32 Å². The third-order valence-electron chi connectivity index (χ3n) is 2.57. The minimum atomic E-state index is -4.97. The van der Waals surface area contributed by atoms with E-state index in [0.717, 1.165) is 25.2 Å². The molecule has 0 unspecified atom stereocenters. The number of hydrogen-bond acceptors (Lipinski definition) is 3. The number of likely N-dealkylation sites (N-methyl/N-ethyl adjacent to an activating group) is 1. The van der Waals surface area contributed by atoms with Crippen molar-refractivity contribution in [2.45, 2.75) is 12.3 Å². The molecule has 10 heteroatoms. The van der Waals surface area contributed by atoms with Crippen LogP contribution in [0.2, 0.25) is 0 Å². The number of rotatable bonds is 3. The largest absolute Gasteiger partial charge is 0.416 e. The molecule has 0 aliphatic rings. The second-order valence-electron chi connectivity index (χ2n) is 4.29. The molecule has 1 aromatic carbocycles. The minimum absolute atomic E-state index is 0.284. The highest BCUT2D eigenvalue weighted by Gasteiger charge is 2.40. The van der Waals surface area contributed by atoms with Crippen LogP contribution in [0.25, 0.3) is 0 Å². The van der Waals surface area contributed by atoms with Crippen LogP contribution in [0.4, 0.5) is 27.6 Å². The number of hydrogen-bond donors (Lipinski definition) is 2. The van der Waals surface area contributed by atoms with Gasteiger partial charge in [0.25, 0.3) is 0 Å². The molecule has 122 valence electrons. The van der Waals surface area contributed by atoms with Crippen LogP contribution >= 0.6 is 0 Å². The average molecular weight is 326 g/mol. The van der Waals surface area contributed by atoms with Gasteiger partial charge in [0.1, 0.15) is 17.3 Å². The lowest BCUT2D eigenvalue weighted by Gasteiger charge is -2.22. The first-order valence-electron chi connectivity index (χ1n) is 5.79. The summed E-state index contributed by atoms with van der Waals surface area (Å²) in [5, 5.41) is 10.4. The average Bonchev–Trinajstić information content (AvgIpc) is 2.40. The number of anilines is 1. The Labute approximate surface area is 121 Å². The van der Waals surface area contributed by atoms with Crippen LogP contribution in [-0.4, -0.2) is 47.7 Å². The van der Waals surface area contributed by atoms with Crippen molar-refractivity contribution in [1.29, 1.82) is 0 Å². The van der Waals surface area contributed by atoms with Crippen molar-refractivity contribution >= 4 is 17.5 Å². The van der Waals surface area contributed by atoms with E-state index in [1.807, 2.05) is 0 Å². The molecule has 0 saturated carbocycles. The summed E-state index contributed by atoms with van der Waals surface area (Å²) in [5.41, 5.74) is -0.898. The van der Waals surface area contributed by atoms with E-state index in [4.69, 9.17) is 5.11 Å². The third kappa shape index (κ3) is 4.38. The molecule has 5 nitrogen and oxygen atoms in total. The fraction of sp³-hybridized carbons (Fsp3) is 0.333. The number of aliphatic hydroxyl groups excluding tert-OH is 1. The van der Waals surface area contributed by atoms with E-state index in [2.05, 4.69) is 0 Å². The van der Waals surface area contributed by atoms with Gasteiger partial charge in [0.05, 0.1) is 6.54 Å². The molecule has 0 aliphatic carbocycles.